The Hall–Kier alpha value is -2.15. The molecule has 0 fully saturated rings. The molecule has 6 nitrogen and oxygen atoms in total. The molecule has 3 rings (SSSR count). The third-order valence-corrected chi connectivity index (χ3v) is 3.65. The molecule has 0 radical (unpaired) electrons. The second kappa shape index (κ2) is 6.74. The molecule has 0 N–H and O–H groups in total. The topological polar surface area (TPSA) is 77.8 Å². The lowest BCUT2D eigenvalue weighted by atomic mass is 10.1. The Morgan fingerprint density at radius 2 is 1.95 bits per heavy atom. The predicted molar refractivity (Wildman–Crippen MR) is 82.1 cm³/mol. The summed E-state index contributed by atoms with van der Waals surface area (Å²) in [6.45, 7) is 4.24. The van der Waals surface area contributed by atoms with Gasteiger partial charge in [-0.05, 0) is 18.1 Å². The molecule has 0 atom stereocenters. The van der Waals surface area contributed by atoms with Crippen molar-refractivity contribution in [1.82, 2.24) is 20.3 Å². The lowest BCUT2D eigenvalue weighted by Gasteiger charge is -1.96. The zero-order valence-electron chi connectivity index (χ0n) is 12.4. The SMILES string of the molecule is CC(C)Cc1noc(CSc2nnc(-c3ccccc3)o2)n1. The summed E-state index contributed by atoms with van der Waals surface area (Å²) in [6, 6.07) is 9.66. The van der Waals surface area contributed by atoms with Crippen LogP contribution in [0, 0.1) is 5.92 Å². The maximum absolute atomic E-state index is 5.61. The van der Waals surface area contributed by atoms with E-state index in [1.54, 1.807) is 0 Å². The molecule has 1 aromatic carbocycles. The average Bonchev–Trinajstić information content (AvgIpc) is 3.15. The van der Waals surface area contributed by atoms with Crippen molar-refractivity contribution < 1.29 is 8.94 Å². The standard InChI is InChI=1S/C15H16N4O2S/c1-10(2)8-12-16-13(21-19-12)9-22-15-18-17-14(20-15)11-6-4-3-5-7-11/h3-7,10H,8-9H2,1-2H3. The minimum absolute atomic E-state index is 0.488. The largest absolute Gasteiger partial charge is 0.411 e. The van der Waals surface area contributed by atoms with Gasteiger partial charge in [-0.2, -0.15) is 4.98 Å². The Kier molecular flexibility index (Phi) is 4.53. The summed E-state index contributed by atoms with van der Waals surface area (Å²) < 4.78 is 10.8. The van der Waals surface area contributed by atoms with Gasteiger partial charge in [0.05, 0.1) is 5.75 Å². The molecular formula is C15H16N4O2S. The predicted octanol–water partition coefficient (Wildman–Crippen LogP) is 3.61. The Balaban J connectivity index is 1.60. The molecule has 2 heterocycles. The molecule has 0 unspecified atom stereocenters. The third kappa shape index (κ3) is 3.73. The van der Waals surface area contributed by atoms with Crippen molar-refractivity contribution >= 4 is 11.8 Å². The van der Waals surface area contributed by atoms with E-state index in [9.17, 15) is 0 Å². The molecule has 0 bridgehead atoms. The Morgan fingerprint density at radius 3 is 2.73 bits per heavy atom. The normalized spacial score (nSPS) is 11.2. The van der Waals surface area contributed by atoms with Gasteiger partial charge in [0.2, 0.25) is 11.8 Å². The van der Waals surface area contributed by atoms with Crippen LogP contribution in [0.5, 0.6) is 0 Å². The fourth-order valence-electron chi connectivity index (χ4n) is 1.89. The van der Waals surface area contributed by atoms with Crippen LogP contribution in [0.2, 0.25) is 0 Å². The van der Waals surface area contributed by atoms with Gasteiger partial charge in [-0.15, -0.1) is 10.2 Å². The van der Waals surface area contributed by atoms with E-state index in [1.807, 2.05) is 30.3 Å². The van der Waals surface area contributed by atoms with Crippen molar-refractivity contribution in [2.75, 3.05) is 0 Å². The molecule has 0 saturated carbocycles. The van der Waals surface area contributed by atoms with Crippen molar-refractivity contribution in [3.63, 3.8) is 0 Å². The van der Waals surface area contributed by atoms with E-state index in [1.165, 1.54) is 11.8 Å². The van der Waals surface area contributed by atoms with Crippen LogP contribution in [-0.2, 0) is 12.2 Å². The molecule has 0 aliphatic carbocycles. The molecule has 0 aliphatic rings. The van der Waals surface area contributed by atoms with Crippen LogP contribution in [0.4, 0.5) is 0 Å². The maximum Gasteiger partial charge on any atom is 0.277 e. The molecule has 0 amide bonds. The molecule has 0 aliphatic heterocycles. The van der Waals surface area contributed by atoms with Crippen molar-refractivity contribution in [3.8, 4) is 11.5 Å². The number of hydrogen-bond donors (Lipinski definition) is 0. The van der Waals surface area contributed by atoms with Gasteiger partial charge in [-0.3, -0.25) is 0 Å². The summed E-state index contributed by atoms with van der Waals surface area (Å²) in [5, 5.41) is 12.5. The fraction of sp³-hybridized carbons (Fsp3) is 0.333. The first-order valence-corrected chi connectivity index (χ1v) is 8.02. The molecule has 114 valence electrons. The van der Waals surface area contributed by atoms with Crippen molar-refractivity contribution in [2.45, 2.75) is 31.2 Å². The number of rotatable bonds is 6. The van der Waals surface area contributed by atoms with E-state index in [0.29, 0.717) is 28.7 Å². The number of hydrogen-bond acceptors (Lipinski definition) is 7. The van der Waals surface area contributed by atoms with Crippen molar-refractivity contribution in [3.05, 3.63) is 42.0 Å². The third-order valence-electron chi connectivity index (χ3n) is 2.85. The van der Waals surface area contributed by atoms with Crippen LogP contribution >= 0.6 is 11.8 Å². The van der Waals surface area contributed by atoms with Crippen LogP contribution < -0.4 is 0 Å². The lowest BCUT2D eigenvalue weighted by Crippen LogP contribution is -1.96. The van der Waals surface area contributed by atoms with E-state index in [-0.39, 0.29) is 0 Å². The summed E-state index contributed by atoms with van der Waals surface area (Å²) in [4.78, 5) is 4.34. The maximum atomic E-state index is 5.61. The van der Waals surface area contributed by atoms with Crippen molar-refractivity contribution in [2.24, 2.45) is 5.92 Å². The monoisotopic (exact) mass is 316 g/mol. The van der Waals surface area contributed by atoms with Gasteiger partial charge >= 0.3 is 0 Å². The van der Waals surface area contributed by atoms with Crippen LogP contribution in [0.15, 0.2) is 44.5 Å². The summed E-state index contributed by atoms with van der Waals surface area (Å²) in [5.74, 6) is 2.83. The summed E-state index contributed by atoms with van der Waals surface area (Å²) in [6.07, 6.45) is 0.812. The highest BCUT2D eigenvalue weighted by Gasteiger charge is 2.12. The highest BCUT2D eigenvalue weighted by Crippen LogP contribution is 2.25. The zero-order chi connectivity index (χ0) is 15.4. The summed E-state index contributed by atoms with van der Waals surface area (Å²) >= 11 is 1.38. The van der Waals surface area contributed by atoms with Gasteiger partial charge in [0.15, 0.2) is 5.82 Å². The highest BCUT2D eigenvalue weighted by molar-refractivity contribution is 7.98. The quantitative estimate of drug-likeness (QED) is 0.643. The van der Waals surface area contributed by atoms with Crippen LogP contribution in [0.3, 0.4) is 0 Å². The van der Waals surface area contributed by atoms with E-state index < -0.39 is 0 Å². The van der Waals surface area contributed by atoms with Gasteiger partial charge in [0.1, 0.15) is 0 Å². The van der Waals surface area contributed by atoms with E-state index in [4.69, 9.17) is 8.94 Å². The number of nitrogens with zero attached hydrogens (tertiary/aromatic N) is 4. The van der Waals surface area contributed by atoms with Gasteiger partial charge in [-0.1, -0.05) is 49.0 Å². The zero-order valence-corrected chi connectivity index (χ0v) is 13.2. The van der Waals surface area contributed by atoms with Gasteiger partial charge in [0.25, 0.3) is 5.22 Å². The Labute approximate surface area is 132 Å². The summed E-state index contributed by atoms with van der Waals surface area (Å²) in [5.41, 5.74) is 0.902. The molecular weight excluding hydrogens is 300 g/mol. The molecule has 3 aromatic rings. The first kappa shape index (κ1) is 14.8. The van der Waals surface area contributed by atoms with Crippen LogP contribution in [-0.4, -0.2) is 20.3 Å². The fourth-order valence-corrected chi connectivity index (χ4v) is 2.49. The number of thioether (sulfide) groups is 1. The minimum Gasteiger partial charge on any atom is -0.411 e. The van der Waals surface area contributed by atoms with Gasteiger partial charge < -0.3 is 8.94 Å². The lowest BCUT2D eigenvalue weighted by molar-refractivity contribution is 0.381. The summed E-state index contributed by atoms with van der Waals surface area (Å²) in [7, 11) is 0. The molecule has 0 saturated heterocycles. The molecule has 2 aromatic heterocycles. The number of aromatic nitrogens is 4. The van der Waals surface area contributed by atoms with Gasteiger partial charge in [0, 0.05) is 12.0 Å². The molecule has 22 heavy (non-hydrogen) atoms. The second-order valence-electron chi connectivity index (χ2n) is 5.23. The van der Waals surface area contributed by atoms with Crippen LogP contribution in [0.25, 0.3) is 11.5 Å². The second-order valence-corrected chi connectivity index (χ2v) is 6.16. The van der Waals surface area contributed by atoms with Crippen LogP contribution in [0.1, 0.15) is 25.6 Å². The number of benzene rings is 1. The smallest absolute Gasteiger partial charge is 0.277 e. The molecule has 0 spiro atoms. The first-order chi connectivity index (χ1) is 10.7. The Bertz CT molecular complexity index is 724. The van der Waals surface area contributed by atoms with E-state index in [0.717, 1.165) is 17.8 Å². The average molecular weight is 316 g/mol. The van der Waals surface area contributed by atoms with E-state index in [2.05, 4.69) is 34.2 Å². The molecule has 7 heteroatoms. The highest BCUT2D eigenvalue weighted by atomic mass is 32.2. The minimum atomic E-state index is 0.488. The Morgan fingerprint density at radius 1 is 1.14 bits per heavy atom. The first-order valence-electron chi connectivity index (χ1n) is 7.04. The van der Waals surface area contributed by atoms with Crippen molar-refractivity contribution in [1.29, 1.82) is 0 Å². The van der Waals surface area contributed by atoms with Gasteiger partial charge in [-0.25, -0.2) is 0 Å². The van der Waals surface area contributed by atoms with E-state index >= 15 is 0 Å².